The summed E-state index contributed by atoms with van der Waals surface area (Å²) in [6.45, 7) is 6.73. The molecule has 2 aliphatic heterocycles. The molecule has 246 valence electrons. The molecule has 0 radical (unpaired) electrons. The van der Waals surface area contributed by atoms with Crippen LogP contribution in [-0.2, 0) is 17.9 Å². The Labute approximate surface area is 284 Å². The summed E-state index contributed by atoms with van der Waals surface area (Å²) in [5, 5.41) is 10.7. The van der Waals surface area contributed by atoms with E-state index in [0.29, 0.717) is 82.1 Å². The van der Waals surface area contributed by atoms with Crippen molar-refractivity contribution in [2.45, 2.75) is 44.9 Å². The van der Waals surface area contributed by atoms with E-state index in [0.717, 1.165) is 42.9 Å². The predicted octanol–water partition coefficient (Wildman–Crippen LogP) is 4.75. The van der Waals surface area contributed by atoms with E-state index in [2.05, 4.69) is 32.8 Å². The number of hydrogen-bond donors (Lipinski definition) is 3. The Hall–Kier alpha value is -3.87. The van der Waals surface area contributed by atoms with Crippen LogP contribution in [0, 0.1) is 0 Å². The van der Waals surface area contributed by atoms with Gasteiger partial charge in [-0.15, -0.1) is 0 Å². The van der Waals surface area contributed by atoms with Crippen molar-refractivity contribution in [1.29, 1.82) is 0 Å². The summed E-state index contributed by atoms with van der Waals surface area (Å²) in [5.41, 5.74) is 5.52. The predicted molar refractivity (Wildman–Crippen MR) is 183 cm³/mol. The third-order valence-electron chi connectivity index (χ3n) is 8.44. The average molecular weight is 678 g/mol. The van der Waals surface area contributed by atoms with Crippen molar-refractivity contribution in [3.05, 3.63) is 70.2 Å². The van der Waals surface area contributed by atoms with Gasteiger partial charge in [-0.2, -0.15) is 0 Å². The molecular formula is C34H38Cl2N8O3. The van der Waals surface area contributed by atoms with Gasteiger partial charge in [0, 0.05) is 80.0 Å². The van der Waals surface area contributed by atoms with E-state index in [-0.39, 0.29) is 11.9 Å². The van der Waals surface area contributed by atoms with Gasteiger partial charge in [-0.05, 0) is 13.3 Å². The number of amides is 1. The van der Waals surface area contributed by atoms with Crippen LogP contribution in [0.3, 0.4) is 0 Å². The minimum absolute atomic E-state index is 0.0878. The second kappa shape index (κ2) is 14.9. The molecule has 11 nitrogen and oxygen atoms in total. The number of carbonyl (C=O) groups excluding carboxylic acids is 1. The molecule has 2 aromatic carbocycles. The van der Waals surface area contributed by atoms with E-state index >= 15 is 0 Å². The Kier molecular flexibility index (Phi) is 10.5. The molecule has 47 heavy (non-hydrogen) atoms. The fourth-order valence-electron chi connectivity index (χ4n) is 6.05. The number of halogens is 2. The molecule has 0 spiro atoms. The lowest BCUT2D eigenvalue weighted by Gasteiger charge is -2.31. The summed E-state index contributed by atoms with van der Waals surface area (Å²) < 4.78 is 11.3. The summed E-state index contributed by atoms with van der Waals surface area (Å²) in [6.07, 6.45) is 4.81. The van der Waals surface area contributed by atoms with Gasteiger partial charge in [-0.1, -0.05) is 59.6 Å². The highest BCUT2D eigenvalue weighted by Crippen LogP contribution is 2.42. The molecule has 0 aliphatic carbocycles. The molecule has 4 heterocycles. The number of ether oxygens (including phenoxy) is 2. The molecule has 1 amide bonds. The van der Waals surface area contributed by atoms with Gasteiger partial charge in [-0.25, -0.2) is 9.97 Å². The van der Waals surface area contributed by atoms with Crippen LogP contribution in [-0.4, -0.2) is 83.2 Å². The second-order valence-corrected chi connectivity index (χ2v) is 12.5. The number of methoxy groups -OCH3 is 2. The van der Waals surface area contributed by atoms with Crippen molar-refractivity contribution in [3.63, 3.8) is 0 Å². The number of nitrogens with zero attached hydrogens (tertiary/aromatic N) is 5. The fraction of sp³-hybridized carbons (Fsp3) is 0.382. The van der Waals surface area contributed by atoms with Gasteiger partial charge in [-0.3, -0.25) is 19.7 Å². The fourth-order valence-corrected chi connectivity index (χ4v) is 6.70. The highest BCUT2D eigenvalue weighted by Gasteiger charge is 2.23. The van der Waals surface area contributed by atoms with Crippen molar-refractivity contribution in [1.82, 2.24) is 40.8 Å². The molecule has 2 fully saturated rings. The molecule has 4 aromatic rings. The standard InChI is InChI=1S/C34H38Cl2N8O3/c1-20-18-44(13-12-38-20)19-29-34(47-3)43-27(17-40-29)25-9-5-7-23(32(25)36)22-6-4-8-24(31(22)35)26-16-39-28(33(42-26)46-2)15-37-14-21-10-11-30(45)41-21/h4-9,16-17,20-21,37-38H,10-15,18-19H2,1-3H3,(H,41,45)/t20-,21?/m1/s1. The van der Waals surface area contributed by atoms with Crippen LogP contribution in [0.15, 0.2) is 48.8 Å². The molecule has 2 aliphatic rings. The van der Waals surface area contributed by atoms with Crippen molar-refractivity contribution >= 4 is 29.1 Å². The molecule has 1 unspecified atom stereocenters. The van der Waals surface area contributed by atoms with E-state index in [4.69, 9.17) is 47.6 Å². The Bertz CT molecular complexity index is 1760. The van der Waals surface area contributed by atoms with E-state index < -0.39 is 0 Å². The van der Waals surface area contributed by atoms with E-state index in [1.54, 1.807) is 26.6 Å². The average Bonchev–Trinajstić information content (AvgIpc) is 3.50. The third-order valence-corrected chi connectivity index (χ3v) is 9.26. The van der Waals surface area contributed by atoms with Gasteiger partial charge in [0.25, 0.3) is 0 Å². The maximum atomic E-state index is 11.5. The minimum atomic E-state index is 0.0878. The zero-order valence-electron chi connectivity index (χ0n) is 26.6. The number of aromatic nitrogens is 4. The van der Waals surface area contributed by atoms with Gasteiger partial charge in [0.1, 0.15) is 11.4 Å². The molecule has 2 atom stereocenters. The second-order valence-electron chi connectivity index (χ2n) is 11.8. The van der Waals surface area contributed by atoms with Gasteiger partial charge in [0.05, 0.1) is 48.0 Å². The summed E-state index contributed by atoms with van der Waals surface area (Å²) in [6, 6.07) is 12.0. The van der Waals surface area contributed by atoms with Gasteiger partial charge < -0.3 is 25.4 Å². The van der Waals surface area contributed by atoms with Gasteiger partial charge >= 0.3 is 0 Å². The van der Waals surface area contributed by atoms with Crippen LogP contribution >= 0.6 is 23.2 Å². The summed E-state index contributed by atoms with van der Waals surface area (Å²) in [4.78, 5) is 32.7. The molecule has 0 saturated carbocycles. The number of rotatable bonds is 11. The third kappa shape index (κ3) is 7.50. The molecule has 2 aromatic heterocycles. The number of carbonyl (C=O) groups is 1. The molecule has 0 bridgehead atoms. The highest BCUT2D eigenvalue weighted by atomic mass is 35.5. The van der Waals surface area contributed by atoms with Crippen LogP contribution in [0.4, 0.5) is 0 Å². The molecule has 6 rings (SSSR count). The first-order valence-electron chi connectivity index (χ1n) is 15.7. The number of piperazine rings is 1. The Morgan fingerprint density at radius 2 is 1.51 bits per heavy atom. The first-order chi connectivity index (χ1) is 22.8. The zero-order valence-corrected chi connectivity index (χ0v) is 28.2. The maximum Gasteiger partial charge on any atom is 0.237 e. The Morgan fingerprint density at radius 3 is 2.09 bits per heavy atom. The van der Waals surface area contributed by atoms with Crippen LogP contribution in [0.1, 0.15) is 31.2 Å². The zero-order chi connectivity index (χ0) is 32.9. The number of hydrogen-bond acceptors (Lipinski definition) is 10. The summed E-state index contributed by atoms with van der Waals surface area (Å²) >= 11 is 14.1. The highest BCUT2D eigenvalue weighted by molar-refractivity contribution is 6.39. The van der Waals surface area contributed by atoms with Crippen LogP contribution in [0.5, 0.6) is 11.8 Å². The summed E-state index contributed by atoms with van der Waals surface area (Å²) in [7, 11) is 3.17. The van der Waals surface area contributed by atoms with Crippen LogP contribution in [0.2, 0.25) is 10.0 Å². The normalized spacial score (nSPS) is 18.3. The first kappa shape index (κ1) is 33.0. The molecule has 2 saturated heterocycles. The first-order valence-corrected chi connectivity index (χ1v) is 16.4. The summed E-state index contributed by atoms with van der Waals surface area (Å²) in [5.74, 6) is 0.964. The maximum absolute atomic E-state index is 11.5. The van der Waals surface area contributed by atoms with Crippen LogP contribution in [0.25, 0.3) is 33.6 Å². The minimum Gasteiger partial charge on any atom is -0.480 e. The van der Waals surface area contributed by atoms with Crippen molar-refractivity contribution in [2.75, 3.05) is 40.4 Å². The monoisotopic (exact) mass is 676 g/mol. The molecule has 13 heteroatoms. The van der Waals surface area contributed by atoms with Crippen LogP contribution < -0.4 is 25.4 Å². The van der Waals surface area contributed by atoms with E-state index in [1.165, 1.54) is 0 Å². The molecule has 3 N–H and O–H groups in total. The van der Waals surface area contributed by atoms with Gasteiger partial charge in [0.15, 0.2) is 0 Å². The number of nitrogens with one attached hydrogen (secondary N) is 3. The van der Waals surface area contributed by atoms with E-state index in [1.807, 2.05) is 36.4 Å². The Morgan fingerprint density at radius 1 is 0.915 bits per heavy atom. The number of benzene rings is 2. The Balaban J connectivity index is 1.24. The SMILES string of the molecule is COc1nc(-c2cccc(-c3cccc(-c4cnc(CN5CCN[C@H](C)C5)c(OC)n4)c3Cl)c2Cl)cnc1CNCC1CCC(=O)N1. The lowest BCUT2D eigenvalue weighted by molar-refractivity contribution is -0.119. The van der Waals surface area contributed by atoms with Crippen molar-refractivity contribution < 1.29 is 14.3 Å². The topological polar surface area (TPSA) is 126 Å². The smallest absolute Gasteiger partial charge is 0.237 e. The van der Waals surface area contributed by atoms with E-state index in [9.17, 15) is 4.79 Å². The van der Waals surface area contributed by atoms with Crippen molar-refractivity contribution in [2.24, 2.45) is 0 Å². The lowest BCUT2D eigenvalue weighted by atomic mass is 9.98. The molecular weight excluding hydrogens is 639 g/mol. The lowest BCUT2D eigenvalue weighted by Crippen LogP contribution is -2.48. The largest absolute Gasteiger partial charge is 0.480 e. The van der Waals surface area contributed by atoms with Crippen molar-refractivity contribution in [3.8, 4) is 45.4 Å². The van der Waals surface area contributed by atoms with Gasteiger partial charge in [0.2, 0.25) is 17.7 Å². The quantitative estimate of drug-likeness (QED) is 0.205.